The molecule has 1 aromatic rings. The molecule has 15 heavy (non-hydrogen) atoms. The molecule has 0 bridgehead atoms. The van der Waals surface area contributed by atoms with Gasteiger partial charge in [-0.05, 0) is 23.4 Å². The van der Waals surface area contributed by atoms with E-state index in [1.807, 2.05) is 0 Å². The van der Waals surface area contributed by atoms with Crippen molar-refractivity contribution in [2.45, 2.75) is 13.8 Å². The second kappa shape index (κ2) is 4.10. The van der Waals surface area contributed by atoms with Crippen LogP contribution in [-0.4, -0.2) is 28.3 Å². The van der Waals surface area contributed by atoms with E-state index in [0.29, 0.717) is 22.8 Å². The molecule has 4 nitrogen and oxygen atoms in total. The lowest BCUT2D eigenvalue weighted by molar-refractivity contribution is 0.494. The van der Waals surface area contributed by atoms with Crippen LogP contribution in [0.25, 0.3) is 0 Å². The summed E-state index contributed by atoms with van der Waals surface area (Å²) < 4.78 is 0. The number of nitrogens with zero attached hydrogens (tertiary/aromatic N) is 4. The lowest BCUT2D eigenvalue weighted by Crippen LogP contribution is -2.22. The van der Waals surface area contributed by atoms with Gasteiger partial charge in [0, 0.05) is 13.1 Å². The fraction of sp³-hybridized carbons (Fsp3) is 0.667. The predicted molar refractivity (Wildman–Crippen MR) is 60.4 cm³/mol. The number of aromatic nitrogens is 3. The van der Waals surface area contributed by atoms with Crippen molar-refractivity contribution in [1.82, 2.24) is 15.2 Å². The van der Waals surface area contributed by atoms with E-state index in [9.17, 15) is 0 Å². The normalized spacial score (nSPS) is 26.0. The maximum atomic E-state index is 5.94. The smallest absolute Gasteiger partial charge is 0.245 e. The monoisotopic (exact) mass is 246 g/mol. The van der Waals surface area contributed by atoms with E-state index >= 15 is 0 Å². The van der Waals surface area contributed by atoms with Gasteiger partial charge in [0.05, 0.1) is 0 Å². The Labute approximate surface area is 98.6 Å². The van der Waals surface area contributed by atoms with Gasteiger partial charge in [-0.1, -0.05) is 25.4 Å². The SMILES string of the molecule is CC1CN(c2nc(Cl)nnc2Cl)CC1C. The summed E-state index contributed by atoms with van der Waals surface area (Å²) in [7, 11) is 0. The first kappa shape index (κ1) is 10.9. The zero-order valence-corrected chi connectivity index (χ0v) is 10.1. The van der Waals surface area contributed by atoms with Crippen LogP contribution in [0.4, 0.5) is 5.82 Å². The van der Waals surface area contributed by atoms with Crippen molar-refractivity contribution in [3.63, 3.8) is 0 Å². The van der Waals surface area contributed by atoms with E-state index in [1.165, 1.54) is 0 Å². The van der Waals surface area contributed by atoms with Gasteiger partial charge in [-0.3, -0.25) is 0 Å². The number of hydrogen-bond donors (Lipinski definition) is 0. The van der Waals surface area contributed by atoms with Crippen molar-refractivity contribution >= 4 is 29.0 Å². The second-order valence-electron chi connectivity index (χ2n) is 4.05. The average Bonchev–Trinajstić information content (AvgIpc) is 2.51. The Hall–Kier alpha value is -0.610. The molecule has 2 rings (SSSR count). The van der Waals surface area contributed by atoms with E-state index in [1.54, 1.807) is 0 Å². The summed E-state index contributed by atoms with van der Waals surface area (Å²) >= 11 is 11.6. The van der Waals surface area contributed by atoms with Gasteiger partial charge in [0.15, 0.2) is 11.0 Å². The maximum absolute atomic E-state index is 5.94. The molecule has 0 spiro atoms. The van der Waals surface area contributed by atoms with Crippen LogP contribution in [0.2, 0.25) is 10.4 Å². The van der Waals surface area contributed by atoms with Crippen LogP contribution in [0, 0.1) is 11.8 Å². The highest BCUT2D eigenvalue weighted by Crippen LogP contribution is 2.30. The van der Waals surface area contributed by atoms with Crippen molar-refractivity contribution in [3.8, 4) is 0 Å². The first-order valence-corrected chi connectivity index (χ1v) is 5.64. The van der Waals surface area contributed by atoms with Crippen LogP contribution in [0.15, 0.2) is 0 Å². The van der Waals surface area contributed by atoms with E-state index in [0.717, 1.165) is 13.1 Å². The Morgan fingerprint density at radius 3 is 2.33 bits per heavy atom. The standard InChI is InChI=1S/C9H12Cl2N4/c1-5-3-15(4-6(5)2)8-7(10)13-14-9(11)12-8/h5-6H,3-4H2,1-2H3. The minimum absolute atomic E-state index is 0.140. The molecular formula is C9H12Cl2N4. The number of anilines is 1. The van der Waals surface area contributed by atoms with Crippen molar-refractivity contribution in [3.05, 3.63) is 10.4 Å². The molecule has 1 aromatic heterocycles. The van der Waals surface area contributed by atoms with E-state index in [4.69, 9.17) is 23.2 Å². The van der Waals surface area contributed by atoms with Crippen molar-refractivity contribution in [2.24, 2.45) is 11.8 Å². The van der Waals surface area contributed by atoms with Crippen LogP contribution in [0.3, 0.4) is 0 Å². The second-order valence-corrected chi connectivity index (χ2v) is 4.75. The molecular weight excluding hydrogens is 235 g/mol. The minimum Gasteiger partial charge on any atom is -0.353 e. The zero-order chi connectivity index (χ0) is 11.0. The molecule has 2 atom stereocenters. The third-order valence-corrected chi connectivity index (χ3v) is 3.30. The highest BCUT2D eigenvalue weighted by atomic mass is 35.5. The first-order chi connectivity index (χ1) is 7.08. The van der Waals surface area contributed by atoms with Gasteiger partial charge in [-0.15, -0.1) is 10.2 Å². The van der Waals surface area contributed by atoms with Crippen molar-refractivity contribution in [2.75, 3.05) is 18.0 Å². The Morgan fingerprint density at radius 2 is 1.73 bits per heavy atom. The molecule has 6 heteroatoms. The largest absolute Gasteiger partial charge is 0.353 e. The molecule has 1 aliphatic rings. The lowest BCUT2D eigenvalue weighted by atomic mass is 10.0. The summed E-state index contributed by atoms with van der Waals surface area (Å²) in [4.78, 5) is 6.22. The summed E-state index contributed by atoms with van der Waals surface area (Å²) in [6, 6.07) is 0. The molecule has 2 unspecified atom stereocenters. The van der Waals surface area contributed by atoms with Gasteiger partial charge in [0.2, 0.25) is 5.28 Å². The first-order valence-electron chi connectivity index (χ1n) is 4.88. The van der Waals surface area contributed by atoms with Crippen LogP contribution in [0.1, 0.15) is 13.8 Å². The summed E-state index contributed by atoms with van der Waals surface area (Å²) in [5.41, 5.74) is 0. The van der Waals surface area contributed by atoms with Gasteiger partial charge < -0.3 is 4.90 Å². The molecule has 0 saturated carbocycles. The van der Waals surface area contributed by atoms with Crippen LogP contribution in [-0.2, 0) is 0 Å². The molecule has 1 fully saturated rings. The van der Waals surface area contributed by atoms with Crippen LogP contribution in [0.5, 0.6) is 0 Å². The number of rotatable bonds is 1. The Balaban J connectivity index is 2.27. The quantitative estimate of drug-likeness (QED) is 0.763. The lowest BCUT2D eigenvalue weighted by Gasteiger charge is -2.17. The summed E-state index contributed by atoms with van der Waals surface area (Å²) in [5.74, 6) is 1.91. The maximum Gasteiger partial charge on any atom is 0.245 e. The Morgan fingerprint density at radius 1 is 1.13 bits per heavy atom. The molecule has 1 aliphatic heterocycles. The fourth-order valence-electron chi connectivity index (χ4n) is 1.79. The van der Waals surface area contributed by atoms with Gasteiger partial charge in [0.1, 0.15) is 0 Å². The summed E-state index contributed by atoms with van der Waals surface area (Å²) in [5, 5.41) is 7.81. The average molecular weight is 247 g/mol. The van der Waals surface area contributed by atoms with E-state index in [2.05, 4.69) is 33.9 Å². The van der Waals surface area contributed by atoms with Crippen molar-refractivity contribution in [1.29, 1.82) is 0 Å². The van der Waals surface area contributed by atoms with E-state index < -0.39 is 0 Å². The predicted octanol–water partition coefficient (Wildman–Crippen LogP) is 2.27. The van der Waals surface area contributed by atoms with Crippen LogP contribution >= 0.6 is 23.2 Å². The summed E-state index contributed by atoms with van der Waals surface area (Å²) in [6.45, 7) is 6.31. The van der Waals surface area contributed by atoms with Crippen molar-refractivity contribution < 1.29 is 0 Å². The number of hydrogen-bond acceptors (Lipinski definition) is 4. The molecule has 0 aromatic carbocycles. The minimum atomic E-state index is 0.140. The Bertz CT molecular complexity index is 361. The molecule has 0 aliphatic carbocycles. The number of halogens is 2. The fourth-order valence-corrected chi connectivity index (χ4v) is 2.11. The molecule has 2 heterocycles. The van der Waals surface area contributed by atoms with Gasteiger partial charge >= 0.3 is 0 Å². The molecule has 82 valence electrons. The highest BCUT2D eigenvalue weighted by Gasteiger charge is 2.28. The molecule has 0 radical (unpaired) electrons. The van der Waals surface area contributed by atoms with Gasteiger partial charge in [0.25, 0.3) is 0 Å². The zero-order valence-electron chi connectivity index (χ0n) is 8.61. The van der Waals surface area contributed by atoms with Gasteiger partial charge in [-0.2, -0.15) is 4.98 Å². The van der Waals surface area contributed by atoms with E-state index in [-0.39, 0.29) is 5.28 Å². The third kappa shape index (κ3) is 2.16. The van der Waals surface area contributed by atoms with Crippen LogP contribution < -0.4 is 4.90 Å². The molecule has 0 N–H and O–H groups in total. The molecule has 0 amide bonds. The van der Waals surface area contributed by atoms with Gasteiger partial charge in [-0.25, -0.2) is 0 Å². The third-order valence-electron chi connectivity index (χ3n) is 2.89. The molecule has 1 saturated heterocycles. The summed E-state index contributed by atoms with van der Waals surface area (Å²) in [6.07, 6.45) is 0. The highest BCUT2D eigenvalue weighted by molar-refractivity contribution is 6.32. The topological polar surface area (TPSA) is 41.9 Å². The Kier molecular flexibility index (Phi) is 2.98.